The summed E-state index contributed by atoms with van der Waals surface area (Å²) in [7, 11) is 0. The fraction of sp³-hybridized carbons (Fsp3) is 0.278. The molecule has 0 saturated carbocycles. The topological polar surface area (TPSA) is 55.8 Å². The minimum absolute atomic E-state index is 0.177. The van der Waals surface area contributed by atoms with Gasteiger partial charge in [0.05, 0.1) is 0 Å². The highest BCUT2D eigenvalue weighted by Crippen LogP contribution is 2.14. The van der Waals surface area contributed by atoms with Crippen LogP contribution in [0.15, 0.2) is 54.3 Å². The summed E-state index contributed by atoms with van der Waals surface area (Å²) in [5.74, 6) is 0.467. The molecule has 1 aromatic carbocycles. The third-order valence-electron chi connectivity index (χ3n) is 2.65. The second kappa shape index (κ2) is 9.45. The molecular weight excluding hydrogens is 280 g/mol. The van der Waals surface area contributed by atoms with Crippen molar-refractivity contribution in [2.24, 2.45) is 0 Å². The number of esters is 1. The molecule has 0 aliphatic carbocycles. The molecule has 0 aliphatic heterocycles. The van der Waals surface area contributed by atoms with Gasteiger partial charge in [-0.25, -0.2) is 4.79 Å². The minimum Gasteiger partial charge on any atom is -0.508 e. The van der Waals surface area contributed by atoms with Crippen molar-refractivity contribution in [1.82, 2.24) is 0 Å². The number of carbonyl (C=O) groups excluding carboxylic acids is 1. The molecule has 1 rings (SSSR count). The zero-order valence-electron chi connectivity index (χ0n) is 13.0. The number of ether oxygens (including phenoxy) is 2. The molecule has 0 unspecified atom stereocenters. The molecule has 4 nitrogen and oxygen atoms in total. The number of carbonyl (C=O) groups is 1. The molecule has 1 N–H and O–H groups in total. The van der Waals surface area contributed by atoms with E-state index in [0.717, 1.165) is 12.0 Å². The maximum atomic E-state index is 11.2. The number of aliphatic hydroxyl groups excluding tert-OH is 1. The summed E-state index contributed by atoms with van der Waals surface area (Å²) < 4.78 is 10.4. The Hall–Kier alpha value is -2.49. The monoisotopic (exact) mass is 302 g/mol. The van der Waals surface area contributed by atoms with Crippen LogP contribution in [0.1, 0.15) is 25.8 Å². The zero-order valence-corrected chi connectivity index (χ0v) is 13.0. The van der Waals surface area contributed by atoms with E-state index in [-0.39, 0.29) is 19.0 Å². The molecule has 0 aromatic heterocycles. The number of allylic oxidation sites excluding steroid dienone is 2. The molecule has 0 bridgehead atoms. The highest BCUT2D eigenvalue weighted by atomic mass is 16.6. The molecule has 0 fully saturated rings. The highest BCUT2D eigenvalue weighted by molar-refractivity contribution is 5.86. The quantitative estimate of drug-likeness (QED) is 0.259. The Morgan fingerprint density at radius 1 is 1.27 bits per heavy atom. The van der Waals surface area contributed by atoms with Gasteiger partial charge in [0.1, 0.15) is 24.7 Å². The molecule has 0 spiro atoms. The van der Waals surface area contributed by atoms with Crippen LogP contribution in [0.4, 0.5) is 0 Å². The molecule has 0 saturated heterocycles. The lowest BCUT2D eigenvalue weighted by Gasteiger charge is -2.07. The number of aliphatic hydroxyl groups is 1. The normalized spacial score (nSPS) is 11.5. The van der Waals surface area contributed by atoms with Gasteiger partial charge in [-0.2, -0.15) is 0 Å². The molecule has 4 heteroatoms. The van der Waals surface area contributed by atoms with E-state index in [0.29, 0.717) is 11.3 Å². The van der Waals surface area contributed by atoms with E-state index in [1.165, 1.54) is 0 Å². The van der Waals surface area contributed by atoms with Crippen molar-refractivity contribution in [2.75, 3.05) is 13.2 Å². The lowest BCUT2D eigenvalue weighted by atomic mass is 10.2. The molecule has 0 aliphatic rings. The Balaban J connectivity index is 2.43. The second-order valence-corrected chi connectivity index (χ2v) is 4.71. The fourth-order valence-electron chi connectivity index (χ4n) is 1.53. The SMILES string of the molecule is C=C(C)C(=O)OCCOc1ccc(/C=C(O)\C=C/CC)cc1. The number of benzene rings is 1. The van der Waals surface area contributed by atoms with Crippen molar-refractivity contribution < 1.29 is 19.4 Å². The van der Waals surface area contributed by atoms with Crippen LogP contribution < -0.4 is 4.74 Å². The Labute approximate surface area is 131 Å². The molecule has 0 radical (unpaired) electrons. The summed E-state index contributed by atoms with van der Waals surface area (Å²) in [6.07, 6.45) is 6.10. The van der Waals surface area contributed by atoms with Gasteiger partial charge in [-0.05, 0) is 43.2 Å². The zero-order chi connectivity index (χ0) is 16.4. The molecule has 0 atom stereocenters. The molecular formula is C18H22O4. The van der Waals surface area contributed by atoms with Crippen molar-refractivity contribution in [2.45, 2.75) is 20.3 Å². The van der Waals surface area contributed by atoms with E-state index in [1.54, 1.807) is 31.2 Å². The predicted octanol–water partition coefficient (Wildman–Crippen LogP) is 4.05. The second-order valence-electron chi connectivity index (χ2n) is 4.71. The molecule has 0 heterocycles. The van der Waals surface area contributed by atoms with Crippen molar-refractivity contribution in [3.8, 4) is 5.75 Å². The van der Waals surface area contributed by atoms with Crippen molar-refractivity contribution in [3.63, 3.8) is 0 Å². The fourth-order valence-corrected chi connectivity index (χ4v) is 1.53. The van der Waals surface area contributed by atoms with Gasteiger partial charge in [-0.1, -0.05) is 31.7 Å². The third-order valence-corrected chi connectivity index (χ3v) is 2.65. The van der Waals surface area contributed by atoms with Gasteiger partial charge in [0.15, 0.2) is 0 Å². The maximum absolute atomic E-state index is 11.2. The first-order chi connectivity index (χ1) is 10.5. The first-order valence-corrected chi connectivity index (χ1v) is 7.15. The van der Waals surface area contributed by atoms with Crippen LogP contribution in [-0.2, 0) is 9.53 Å². The van der Waals surface area contributed by atoms with Crippen LogP contribution in [0.5, 0.6) is 5.75 Å². The van der Waals surface area contributed by atoms with E-state index < -0.39 is 5.97 Å². The number of hydrogen-bond donors (Lipinski definition) is 1. The van der Waals surface area contributed by atoms with Gasteiger partial charge in [0.2, 0.25) is 0 Å². The van der Waals surface area contributed by atoms with E-state index in [4.69, 9.17) is 9.47 Å². The van der Waals surface area contributed by atoms with Gasteiger partial charge in [-0.15, -0.1) is 0 Å². The summed E-state index contributed by atoms with van der Waals surface area (Å²) in [5, 5.41) is 9.66. The Kier molecular flexibility index (Phi) is 7.54. The van der Waals surface area contributed by atoms with Crippen molar-refractivity contribution in [3.05, 3.63) is 59.9 Å². The highest BCUT2D eigenvalue weighted by Gasteiger charge is 2.02. The Morgan fingerprint density at radius 2 is 1.95 bits per heavy atom. The van der Waals surface area contributed by atoms with Crippen LogP contribution in [0, 0.1) is 0 Å². The van der Waals surface area contributed by atoms with Gasteiger partial charge < -0.3 is 14.6 Å². The number of rotatable bonds is 8. The van der Waals surface area contributed by atoms with E-state index in [9.17, 15) is 9.90 Å². The van der Waals surface area contributed by atoms with Crippen molar-refractivity contribution in [1.29, 1.82) is 0 Å². The van der Waals surface area contributed by atoms with E-state index in [2.05, 4.69) is 6.58 Å². The van der Waals surface area contributed by atoms with Crippen LogP contribution in [0.25, 0.3) is 6.08 Å². The van der Waals surface area contributed by atoms with Crippen LogP contribution in [0.3, 0.4) is 0 Å². The molecule has 1 aromatic rings. The summed E-state index contributed by atoms with van der Waals surface area (Å²) in [6.45, 7) is 7.55. The predicted molar refractivity (Wildman–Crippen MR) is 87.7 cm³/mol. The van der Waals surface area contributed by atoms with Crippen LogP contribution in [0.2, 0.25) is 0 Å². The molecule has 118 valence electrons. The summed E-state index contributed by atoms with van der Waals surface area (Å²) in [6, 6.07) is 7.27. The van der Waals surface area contributed by atoms with Gasteiger partial charge in [0, 0.05) is 5.57 Å². The Morgan fingerprint density at radius 3 is 2.55 bits per heavy atom. The standard InChI is InChI=1S/C18H22O4/c1-4-5-6-16(19)13-15-7-9-17(10-8-15)21-11-12-22-18(20)14(2)3/h5-10,13,19H,2,4,11-12H2,1,3H3/b6-5-,16-13+. The maximum Gasteiger partial charge on any atom is 0.333 e. The number of hydrogen-bond acceptors (Lipinski definition) is 4. The minimum atomic E-state index is -0.417. The first-order valence-electron chi connectivity index (χ1n) is 7.15. The average molecular weight is 302 g/mol. The summed E-state index contributed by atoms with van der Waals surface area (Å²) in [4.78, 5) is 11.2. The van der Waals surface area contributed by atoms with Gasteiger partial charge >= 0.3 is 5.97 Å². The van der Waals surface area contributed by atoms with Crippen LogP contribution in [-0.4, -0.2) is 24.3 Å². The summed E-state index contributed by atoms with van der Waals surface area (Å²) >= 11 is 0. The average Bonchev–Trinajstić information content (AvgIpc) is 2.50. The summed E-state index contributed by atoms with van der Waals surface area (Å²) in [5.41, 5.74) is 1.24. The first kappa shape index (κ1) is 17.6. The van der Waals surface area contributed by atoms with E-state index >= 15 is 0 Å². The van der Waals surface area contributed by atoms with Crippen molar-refractivity contribution >= 4 is 12.0 Å². The smallest absolute Gasteiger partial charge is 0.333 e. The molecule has 0 amide bonds. The van der Waals surface area contributed by atoms with Gasteiger partial charge in [-0.3, -0.25) is 0 Å². The van der Waals surface area contributed by atoms with Gasteiger partial charge in [0.25, 0.3) is 0 Å². The largest absolute Gasteiger partial charge is 0.508 e. The van der Waals surface area contributed by atoms with E-state index in [1.807, 2.05) is 25.1 Å². The Bertz CT molecular complexity index is 553. The lowest BCUT2D eigenvalue weighted by Crippen LogP contribution is -2.12. The third kappa shape index (κ3) is 6.79. The lowest BCUT2D eigenvalue weighted by molar-refractivity contribution is -0.139. The van der Waals surface area contributed by atoms with Crippen LogP contribution >= 0.6 is 0 Å². The molecule has 22 heavy (non-hydrogen) atoms.